The lowest BCUT2D eigenvalue weighted by Gasteiger charge is -2.45. The van der Waals surface area contributed by atoms with E-state index < -0.39 is 0 Å². The lowest BCUT2D eigenvalue weighted by Crippen LogP contribution is -2.57. The molecule has 0 aromatic carbocycles. The third kappa shape index (κ3) is 3.17. The fourth-order valence-electron chi connectivity index (χ4n) is 4.23. The molecule has 0 bridgehead atoms. The number of rotatable bonds is 2. The normalized spacial score (nSPS) is 30.9. The molecule has 2 saturated heterocycles. The zero-order valence-corrected chi connectivity index (χ0v) is 12.6. The van der Waals surface area contributed by atoms with Crippen molar-refractivity contribution in [3.8, 4) is 0 Å². The van der Waals surface area contributed by atoms with Gasteiger partial charge in [-0.3, -0.25) is 9.69 Å². The summed E-state index contributed by atoms with van der Waals surface area (Å²) in [5.41, 5.74) is 6.23. The molecule has 1 aliphatic carbocycles. The third-order valence-electron chi connectivity index (χ3n) is 5.54. The fraction of sp³-hybridized carbons (Fsp3) is 0.938. The van der Waals surface area contributed by atoms with Crippen molar-refractivity contribution in [1.82, 2.24) is 9.80 Å². The van der Waals surface area contributed by atoms with Crippen molar-refractivity contribution in [3.05, 3.63) is 0 Å². The van der Waals surface area contributed by atoms with E-state index >= 15 is 0 Å². The van der Waals surface area contributed by atoms with Crippen LogP contribution in [0.4, 0.5) is 0 Å². The molecule has 1 saturated carbocycles. The van der Waals surface area contributed by atoms with Crippen LogP contribution in [0, 0.1) is 0 Å². The number of piperazine rings is 1. The summed E-state index contributed by atoms with van der Waals surface area (Å²) in [5.74, 6) is 0.305. The first-order valence-corrected chi connectivity index (χ1v) is 8.47. The summed E-state index contributed by atoms with van der Waals surface area (Å²) >= 11 is 0. The summed E-state index contributed by atoms with van der Waals surface area (Å²) in [4.78, 5) is 17.2. The fourth-order valence-corrected chi connectivity index (χ4v) is 4.23. The van der Waals surface area contributed by atoms with E-state index in [1.807, 2.05) is 0 Å². The monoisotopic (exact) mass is 279 g/mol. The second-order valence-electron chi connectivity index (χ2n) is 7.13. The van der Waals surface area contributed by atoms with Crippen molar-refractivity contribution >= 4 is 5.91 Å². The Morgan fingerprint density at radius 3 is 2.65 bits per heavy atom. The van der Waals surface area contributed by atoms with Gasteiger partial charge in [0.2, 0.25) is 5.91 Å². The van der Waals surface area contributed by atoms with Gasteiger partial charge in [-0.1, -0.05) is 25.7 Å². The van der Waals surface area contributed by atoms with Crippen LogP contribution in [0.5, 0.6) is 0 Å². The van der Waals surface area contributed by atoms with E-state index in [-0.39, 0.29) is 5.54 Å². The van der Waals surface area contributed by atoms with E-state index in [9.17, 15) is 4.79 Å². The van der Waals surface area contributed by atoms with Gasteiger partial charge < -0.3 is 10.6 Å². The SMILES string of the molecule is NC1(CC(=O)N2CCN3CCCCC3C2)CCCCC1. The van der Waals surface area contributed by atoms with Gasteiger partial charge in [0.05, 0.1) is 0 Å². The predicted molar refractivity (Wildman–Crippen MR) is 80.4 cm³/mol. The minimum atomic E-state index is -0.209. The Hall–Kier alpha value is -0.610. The lowest BCUT2D eigenvalue weighted by atomic mass is 9.80. The van der Waals surface area contributed by atoms with E-state index in [1.54, 1.807) is 0 Å². The van der Waals surface area contributed by atoms with E-state index in [0.717, 1.165) is 32.5 Å². The van der Waals surface area contributed by atoms with Crippen LogP contribution in [0.25, 0.3) is 0 Å². The highest BCUT2D eigenvalue weighted by molar-refractivity contribution is 5.77. The number of piperidine rings is 1. The molecule has 3 aliphatic rings. The number of nitrogens with two attached hydrogens (primary N) is 1. The maximum absolute atomic E-state index is 12.6. The highest BCUT2D eigenvalue weighted by Gasteiger charge is 2.35. The molecule has 20 heavy (non-hydrogen) atoms. The maximum Gasteiger partial charge on any atom is 0.224 e. The van der Waals surface area contributed by atoms with E-state index in [1.165, 1.54) is 45.1 Å². The van der Waals surface area contributed by atoms with Crippen molar-refractivity contribution in [2.24, 2.45) is 5.73 Å². The Morgan fingerprint density at radius 2 is 1.85 bits per heavy atom. The van der Waals surface area contributed by atoms with Gasteiger partial charge in [0.25, 0.3) is 0 Å². The summed E-state index contributed by atoms with van der Waals surface area (Å²) in [6.07, 6.45) is 10.2. The Balaban J connectivity index is 1.54. The van der Waals surface area contributed by atoms with Gasteiger partial charge in [0.1, 0.15) is 0 Å². The lowest BCUT2D eigenvalue weighted by molar-refractivity contribution is -0.136. The quantitative estimate of drug-likeness (QED) is 0.837. The first-order chi connectivity index (χ1) is 9.66. The van der Waals surface area contributed by atoms with Gasteiger partial charge in [0, 0.05) is 37.6 Å². The molecule has 2 aliphatic heterocycles. The molecule has 1 amide bonds. The Labute approximate surface area is 122 Å². The molecule has 4 heteroatoms. The number of amides is 1. The molecular weight excluding hydrogens is 250 g/mol. The number of fused-ring (bicyclic) bond motifs is 1. The average molecular weight is 279 g/mol. The van der Waals surface area contributed by atoms with Crippen LogP contribution in [0.3, 0.4) is 0 Å². The number of nitrogens with zero attached hydrogens (tertiary/aromatic N) is 2. The largest absolute Gasteiger partial charge is 0.340 e. The molecule has 0 aromatic heterocycles. The minimum absolute atomic E-state index is 0.209. The standard InChI is InChI=1S/C16H29N3O/c17-16(7-3-1-4-8-16)12-15(20)19-11-10-18-9-5-2-6-14(18)13-19/h14H,1-13,17H2. The minimum Gasteiger partial charge on any atom is -0.340 e. The topological polar surface area (TPSA) is 49.6 Å². The van der Waals surface area contributed by atoms with E-state index in [0.29, 0.717) is 18.4 Å². The van der Waals surface area contributed by atoms with Crippen LogP contribution in [0.15, 0.2) is 0 Å². The Bertz CT molecular complexity index is 352. The molecule has 0 radical (unpaired) electrons. The van der Waals surface area contributed by atoms with Crippen LogP contribution in [-0.2, 0) is 4.79 Å². The van der Waals surface area contributed by atoms with E-state index in [2.05, 4.69) is 9.80 Å². The number of hydrogen-bond acceptors (Lipinski definition) is 3. The molecule has 2 heterocycles. The summed E-state index contributed by atoms with van der Waals surface area (Å²) in [7, 11) is 0. The van der Waals surface area contributed by atoms with Crippen LogP contribution >= 0.6 is 0 Å². The van der Waals surface area contributed by atoms with Crippen LogP contribution < -0.4 is 5.73 Å². The number of carbonyl (C=O) groups is 1. The molecule has 4 nitrogen and oxygen atoms in total. The number of carbonyl (C=O) groups excluding carboxylic acids is 1. The van der Waals surface area contributed by atoms with E-state index in [4.69, 9.17) is 5.73 Å². The Kier molecular flexibility index (Phi) is 4.32. The van der Waals surface area contributed by atoms with Gasteiger partial charge in [-0.25, -0.2) is 0 Å². The summed E-state index contributed by atoms with van der Waals surface area (Å²) in [6.45, 7) is 4.14. The molecule has 0 aromatic rings. The van der Waals surface area contributed by atoms with Crippen LogP contribution in [0.1, 0.15) is 57.8 Å². The smallest absolute Gasteiger partial charge is 0.224 e. The molecule has 0 spiro atoms. The molecule has 114 valence electrons. The molecule has 3 rings (SSSR count). The van der Waals surface area contributed by atoms with Crippen LogP contribution in [-0.4, -0.2) is 53.5 Å². The van der Waals surface area contributed by atoms with Gasteiger partial charge in [0.15, 0.2) is 0 Å². The zero-order chi connectivity index (χ0) is 14.0. The average Bonchev–Trinajstić information content (AvgIpc) is 2.47. The summed E-state index contributed by atoms with van der Waals surface area (Å²) < 4.78 is 0. The maximum atomic E-state index is 12.6. The molecule has 1 atom stereocenters. The van der Waals surface area contributed by atoms with Crippen molar-refractivity contribution in [2.45, 2.75) is 69.4 Å². The molecule has 2 N–H and O–H groups in total. The van der Waals surface area contributed by atoms with Crippen molar-refractivity contribution < 1.29 is 4.79 Å². The predicted octanol–water partition coefficient (Wildman–Crippen LogP) is 1.73. The Morgan fingerprint density at radius 1 is 1.05 bits per heavy atom. The van der Waals surface area contributed by atoms with Gasteiger partial charge in [-0.15, -0.1) is 0 Å². The van der Waals surface area contributed by atoms with Crippen LogP contribution in [0.2, 0.25) is 0 Å². The second-order valence-corrected chi connectivity index (χ2v) is 7.13. The third-order valence-corrected chi connectivity index (χ3v) is 5.54. The molecular formula is C16H29N3O. The van der Waals surface area contributed by atoms with Crippen molar-refractivity contribution in [3.63, 3.8) is 0 Å². The molecule has 1 unspecified atom stereocenters. The summed E-state index contributed by atoms with van der Waals surface area (Å²) in [5, 5.41) is 0. The highest BCUT2D eigenvalue weighted by atomic mass is 16.2. The second kappa shape index (κ2) is 6.02. The van der Waals surface area contributed by atoms with Gasteiger partial charge in [-0.05, 0) is 32.2 Å². The van der Waals surface area contributed by atoms with Crippen molar-refractivity contribution in [1.29, 1.82) is 0 Å². The first kappa shape index (κ1) is 14.3. The van der Waals surface area contributed by atoms with Gasteiger partial charge in [-0.2, -0.15) is 0 Å². The first-order valence-electron chi connectivity index (χ1n) is 8.47. The zero-order valence-electron chi connectivity index (χ0n) is 12.6. The number of hydrogen-bond donors (Lipinski definition) is 1. The van der Waals surface area contributed by atoms with Gasteiger partial charge >= 0.3 is 0 Å². The molecule has 3 fully saturated rings. The van der Waals surface area contributed by atoms with Crippen molar-refractivity contribution in [2.75, 3.05) is 26.2 Å². The highest BCUT2D eigenvalue weighted by Crippen LogP contribution is 2.30. The summed E-state index contributed by atoms with van der Waals surface area (Å²) in [6, 6.07) is 0.613.